The number of nitrogens with zero attached hydrogens (tertiary/aromatic N) is 4. The first-order valence-electron chi connectivity index (χ1n) is 9.22. The second kappa shape index (κ2) is 6.83. The summed E-state index contributed by atoms with van der Waals surface area (Å²) < 4.78 is 2.07. The molecule has 2 aromatic heterocycles. The van der Waals surface area contributed by atoms with E-state index in [9.17, 15) is 4.79 Å². The lowest BCUT2D eigenvalue weighted by Crippen LogP contribution is -2.14. The van der Waals surface area contributed by atoms with Crippen LogP contribution in [0.5, 0.6) is 0 Å². The van der Waals surface area contributed by atoms with Crippen molar-refractivity contribution >= 4 is 28.6 Å². The molecule has 1 amide bonds. The van der Waals surface area contributed by atoms with Crippen LogP contribution in [0, 0.1) is 0 Å². The summed E-state index contributed by atoms with van der Waals surface area (Å²) in [5, 5.41) is 5.26. The van der Waals surface area contributed by atoms with Crippen LogP contribution in [-0.2, 0) is 11.8 Å². The molecule has 0 fully saturated rings. The van der Waals surface area contributed by atoms with E-state index in [1.807, 2.05) is 37.5 Å². The van der Waals surface area contributed by atoms with Crippen LogP contribution in [0.3, 0.4) is 0 Å². The molecule has 0 unspecified atom stereocenters. The van der Waals surface area contributed by atoms with E-state index < -0.39 is 0 Å². The monoisotopic (exact) mass is 379 g/mol. The van der Waals surface area contributed by atoms with Gasteiger partial charge in [0.2, 0.25) is 0 Å². The second-order valence-electron chi connectivity index (χ2n) is 6.81. The number of amides is 1. The van der Waals surface area contributed by atoms with Crippen LogP contribution < -0.4 is 5.43 Å². The molecule has 4 aromatic rings. The summed E-state index contributed by atoms with van der Waals surface area (Å²) in [7, 11) is 2.01. The summed E-state index contributed by atoms with van der Waals surface area (Å²) >= 11 is 0. The van der Waals surface area contributed by atoms with E-state index in [2.05, 4.69) is 55.4 Å². The lowest BCUT2D eigenvalue weighted by atomic mass is 9.97. The molecule has 0 spiro atoms. The van der Waals surface area contributed by atoms with Crippen LogP contribution in [0.25, 0.3) is 28.1 Å². The van der Waals surface area contributed by atoms with Crippen LogP contribution >= 0.6 is 0 Å². The summed E-state index contributed by atoms with van der Waals surface area (Å²) in [6, 6.07) is 16.5. The molecule has 6 nitrogen and oxygen atoms in total. The summed E-state index contributed by atoms with van der Waals surface area (Å²) in [4.78, 5) is 20.9. The molecule has 0 aliphatic carbocycles. The third kappa shape index (κ3) is 2.91. The molecule has 29 heavy (non-hydrogen) atoms. The highest BCUT2D eigenvalue weighted by Crippen LogP contribution is 2.33. The second-order valence-corrected chi connectivity index (χ2v) is 6.81. The molecule has 6 heteroatoms. The first-order chi connectivity index (χ1) is 14.2. The van der Waals surface area contributed by atoms with Gasteiger partial charge in [-0.05, 0) is 23.3 Å². The number of aromatic nitrogens is 3. The lowest BCUT2D eigenvalue weighted by molar-refractivity contribution is -0.116. The van der Waals surface area contributed by atoms with Crippen LogP contribution in [-0.4, -0.2) is 26.2 Å². The van der Waals surface area contributed by atoms with Crippen molar-refractivity contribution in [3.63, 3.8) is 0 Å². The zero-order chi connectivity index (χ0) is 19.8. The van der Waals surface area contributed by atoms with Gasteiger partial charge < -0.3 is 4.57 Å². The molecule has 1 aliphatic rings. The fourth-order valence-corrected chi connectivity index (χ4v) is 3.69. The van der Waals surface area contributed by atoms with Gasteiger partial charge in [0.15, 0.2) is 0 Å². The molecular weight excluding hydrogens is 362 g/mol. The molecule has 0 saturated carbocycles. The minimum absolute atomic E-state index is 0.250. The minimum Gasteiger partial charge on any atom is -0.350 e. The summed E-state index contributed by atoms with van der Waals surface area (Å²) in [5.41, 5.74) is 8.36. The molecule has 140 valence electrons. The predicted octanol–water partition coefficient (Wildman–Crippen LogP) is 3.55. The van der Waals surface area contributed by atoms with E-state index in [1.54, 1.807) is 18.6 Å². The van der Waals surface area contributed by atoms with Crippen LogP contribution in [0.1, 0.15) is 11.3 Å². The molecule has 1 aliphatic heterocycles. The van der Waals surface area contributed by atoms with Gasteiger partial charge >= 0.3 is 0 Å². The Balaban J connectivity index is 1.72. The Morgan fingerprint density at radius 2 is 1.90 bits per heavy atom. The maximum Gasteiger partial charge on any atom is 0.273 e. The molecule has 3 heterocycles. The minimum atomic E-state index is -0.250. The molecule has 5 rings (SSSR count). The van der Waals surface area contributed by atoms with Gasteiger partial charge in [0.1, 0.15) is 11.4 Å². The lowest BCUT2D eigenvalue weighted by Gasteiger charge is -2.06. The summed E-state index contributed by atoms with van der Waals surface area (Å²) in [6.07, 6.45) is 8.69. The Morgan fingerprint density at radius 1 is 1.03 bits per heavy atom. The quantitative estimate of drug-likeness (QED) is 0.553. The van der Waals surface area contributed by atoms with E-state index in [-0.39, 0.29) is 5.91 Å². The number of nitrogens with one attached hydrogen (secondary N) is 1. The number of fused-ring (bicyclic) bond motifs is 1. The number of hydrogen-bond acceptors (Lipinski definition) is 4. The van der Waals surface area contributed by atoms with Crippen molar-refractivity contribution in [1.29, 1.82) is 0 Å². The number of carbonyl (C=O) groups excluding carboxylic acids is 1. The molecule has 0 saturated heterocycles. The van der Waals surface area contributed by atoms with Gasteiger partial charge in [-0.15, -0.1) is 0 Å². The molecule has 0 radical (unpaired) electrons. The fourth-order valence-electron chi connectivity index (χ4n) is 3.69. The van der Waals surface area contributed by atoms with Crippen molar-refractivity contribution in [2.45, 2.75) is 0 Å². The van der Waals surface area contributed by atoms with Gasteiger partial charge in [-0.3, -0.25) is 14.8 Å². The maximum absolute atomic E-state index is 12.5. The Hall–Kier alpha value is -4.06. The van der Waals surface area contributed by atoms with Crippen molar-refractivity contribution < 1.29 is 4.79 Å². The standard InChI is InChI=1S/C23H17N5O/c1-28-14-16(12-18-22(26-27-23(18)29)19-13-24-10-11-25-19)21-17(8-5-9-20(21)28)15-6-3-2-4-7-15/h2-14H,1H3,(H,27,29)/b18-12-. The number of rotatable bonds is 3. The van der Waals surface area contributed by atoms with Crippen molar-refractivity contribution in [2.75, 3.05) is 0 Å². The van der Waals surface area contributed by atoms with Crippen molar-refractivity contribution in [2.24, 2.45) is 12.1 Å². The van der Waals surface area contributed by atoms with Gasteiger partial charge in [-0.1, -0.05) is 42.5 Å². The molecule has 0 atom stereocenters. The number of aryl methyl sites for hydroxylation is 1. The highest BCUT2D eigenvalue weighted by Gasteiger charge is 2.26. The van der Waals surface area contributed by atoms with Crippen molar-refractivity contribution in [3.05, 3.63) is 90.1 Å². The van der Waals surface area contributed by atoms with E-state index in [0.717, 1.165) is 27.6 Å². The largest absolute Gasteiger partial charge is 0.350 e. The van der Waals surface area contributed by atoms with Crippen LogP contribution in [0.15, 0.2) is 84.0 Å². The first kappa shape index (κ1) is 17.1. The van der Waals surface area contributed by atoms with E-state index >= 15 is 0 Å². The predicted molar refractivity (Wildman–Crippen MR) is 113 cm³/mol. The SMILES string of the molecule is Cn1cc(/C=C2\C(=O)NN=C2c2cnccn2)c2c(-c3ccccc3)cccc21. The van der Waals surface area contributed by atoms with Crippen LogP contribution in [0.2, 0.25) is 0 Å². The van der Waals surface area contributed by atoms with E-state index in [4.69, 9.17) is 0 Å². The van der Waals surface area contributed by atoms with Gasteiger partial charge in [0.25, 0.3) is 5.91 Å². The van der Waals surface area contributed by atoms with Gasteiger partial charge in [0.05, 0.1) is 11.8 Å². The number of hydrazone groups is 1. The zero-order valence-electron chi connectivity index (χ0n) is 15.7. The average molecular weight is 379 g/mol. The Bertz CT molecular complexity index is 1290. The maximum atomic E-state index is 12.5. The van der Waals surface area contributed by atoms with Crippen LogP contribution in [0.4, 0.5) is 0 Å². The van der Waals surface area contributed by atoms with E-state index in [1.165, 1.54) is 0 Å². The van der Waals surface area contributed by atoms with Crippen molar-refractivity contribution in [3.8, 4) is 11.1 Å². The molecule has 2 aromatic carbocycles. The topological polar surface area (TPSA) is 72.2 Å². The Morgan fingerprint density at radius 3 is 2.69 bits per heavy atom. The van der Waals surface area contributed by atoms with Gasteiger partial charge in [0, 0.05) is 42.1 Å². The number of benzene rings is 2. The van der Waals surface area contributed by atoms with Gasteiger partial charge in [-0.2, -0.15) is 5.10 Å². The third-order valence-electron chi connectivity index (χ3n) is 5.00. The normalized spacial score (nSPS) is 15.0. The smallest absolute Gasteiger partial charge is 0.273 e. The zero-order valence-corrected chi connectivity index (χ0v) is 15.7. The first-order valence-corrected chi connectivity index (χ1v) is 9.22. The Kier molecular flexibility index (Phi) is 4.02. The summed E-state index contributed by atoms with van der Waals surface area (Å²) in [5.74, 6) is -0.250. The Labute approximate surface area is 167 Å². The highest BCUT2D eigenvalue weighted by atomic mass is 16.2. The number of carbonyl (C=O) groups is 1. The third-order valence-corrected chi connectivity index (χ3v) is 5.00. The summed E-state index contributed by atoms with van der Waals surface area (Å²) in [6.45, 7) is 0. The average Bonchev–Trinajstić information content (AvgIpc) is 3.29. The van der Waals surface area contributed by atoms with E-state index in [0.29, 0.717) is 17.0 Å². The number of hydrogen-bond donors (Lipinski definition) is 1. The van der Waals surface area contributed by atoms with Crippen molar-refractivity contribution in [1.82, 2.24) is 20.0 Å². The molecule has 0 bridgehead atoms. The highest BCUT2D eigenvalue weighted by molar-refractivity contribution is 6.33. The molecular formula is C23H17N5O. The fraction of sp³-hybridized carbons (Fsp3) is 0.0435. The van der Waals surface area contributed by atoms with Gasteiger partial charge in [-0.25, -0.2) is 5.43 Å². The molecule has 1 N–H and O–H groups in total.